The molecule has 1 fully saturated rings. The first kappa shape index (κ1) is 17.1. The maximum atomic E-state index is 13.0. The minimum absolute atomic E-state index is 0.00778. The van der Waals surface area contributed by atoms with Crippen molar-refractivity contribution in [3.63, 3.8) is 0 Å². The molecule has 24 heavy (non-hydrogen) atoms. The number of halogens is 1. The Morgan fingerprint density at radius 3 is 2.71 bits per heavy atom. The van der Waals surface area contributed by atoms with Gasteiger partial charge in [0.15, 0.2) is 0 Å². The summed E-state index contributed by atoms with van der Waals surface area (Å²) in [5.74, 6) is -0.433. The van der Waals surface area contributed by atoms with Gasteiger partial charge >= 0.3 is 0 Å². The highest BCUT2D eigenvalue weighted by atomic mass is 32.2. The molecule has 2 aromatic rings. The van der Waals surface area contributed by atoms with Crippen LogP contribution in [0, 0.1) is 5.82 Å². The Balaban J connectivity index is 1.69. The van der Waals surface area contributed by atoms with Gasteiger partial charge in [-0.1, -0.05) is 18.6 Å². The van der Waals surface area contributed by atoms with Crippen molar-refractivity contribution in [2.24, 2.45) is 0 Å². The lowest BCUT2D eigenvalue weighted by molar-refractivity contribution is 0.231. The highest BCUT2D eigenvalue weighted by molar-refractivity contribution is 7.88. The highest BCUT2D eigenvalue weighted by Gasteiger charge is 2.32. The molecule has 1 aliphatic heterocycles. The van der Waals surface area contributed by atoms with Gasteiger partial charge in [-0.25, -0.2) is 12.8 Å². The lowest BCUT2D eigenvalue weighted by Crippen LogP contribution is -2.44. The summed E-state index contributed by atoms with van der Waals surface area (Å²) in [5, 5.41) is 4.18. The number of benzene rings is 1. The third kappa shape index (κ3) is 4.21. The molecule has 7 heteroatoms. The summed E-state index contributed by atoms with van der Waals surface area (Å²) in [4.78, 5) is 0. The Labute approximate surface area is 142 Å². The fourth-order valence-electron chi connectivity index (χ4n) is 3.22. The quantitative estimate of drug-likeness (QED) is 0.804. The molecule has 0 N–H and O–H groups in total. The number of piperidine rings is 1. The van der Waals surface area contributed by atoms with Crippen LogP contribution in [-0.2, 0) is 22.3 Å². The fourth-order valence-corrected chi connectivity index (χ4v) is 5.07. The van der Waals surface area contributed by atoms with Crippen LogP contribution in [-0.4, -0.2) is 35.1 Å². The molecule has 5 nitrogen and oxygen atoms in total. The van der Waals surface area contributed by atoms with E-state index < -0.39 is 10.0 Å². The van der Waals surface area contributed by atoms with Gasteiger partial charge in [-0.15, -0.1) is 0 Å². The minimum Gasteiger partial charge on any atom is -0.273 e. The zero-order valence-electron chi connectivity index (χ0n) is 13.5. The SMILES string of the molecule is O=S(=O)(Cc1ccc(F)cc1)N1CCCCC1CCn1cccn1. The summed E-state index contributed by atoms with van der Waals surface area (Å²) in [6.45, 7) is 1.27. The maximum Gasteiger partial charge on any atom is 0.218 e. The van der Waals surface area contributed by atoms with Crippen molar-refractivity contribution < 1.29 is 12.8 Å². The minimum atomic E-state index is -3.41. The van der Waals surface area contributed by atoms with Crippen molar-refractivity contribution in [3.8, 4) is 0 Å². The molecule has 1 aromatic carbocycles. The first-order valence-corrected chi connectivity index (χ1v) is 9.87. The third-order valence-electron chi connectivity index (χ3n) is 4.44. The van der Waals surface area contributed by atoms with Crippen LogP contribution >= 0.6 is 0 Å². The Bertz CT molecular complexity index is 745. The molecule has 0 amide bonds. The molecule has 1 aliphatic rings. The Kier molecular flexibility index (Phi) is 5.30. The van der Waals surface area contributed by atoms with Crippen molar-refractivity contribution in [1.29, 1.82) is 0 Å². The van der Waals surface area contributed by atoms with Gasteiger partial charge in [0.2, 0.25) is 10.0 Å². The summed E-state index contributed by atoms with van der Waals surface area (Å²) >= 11 is 0. The number of aromatic nitrogens is 2. The van der Waals surface area contributed by atoms with Gasteiger partial charge in [-0.2, -0.15) is 9.40 Å². The highest BCUT2D eigenvalue weighted by Crippen LogP contribution is 2.25. The molecule has 1 saturated heterocycles. The van der Waals surface area contributed by atoms with Crippen LogP contribution in [0.2, 0.25) is 0 Å². The van der Waals surface area contributed by atoms with Gasteiger partial charge in [-0.3, -0.25) is 4.68 Å². The predicted octanol–water partition coefficient (Wildman–Crippen LogP) is 2.80. The third-order valence-corrected chi connectivity index (χ3v) is 6.34. The molecule has 1 atom stereocenters. The second kappa shape index (κ2) is 7.44. The van der Waals surface area contributed by atoms with Crippen molar-refractivity contribution >= 4 is 10.0 Å². The molecule has 0 radical (unpaired) electrons. The van der Waals surface area contributed by atoms with Crippen LogP contribution in [0.3, 0.4) is 0 Å². The lowest BCUT2D eigenvalue weighted by Gasteiger charge is -2.34. The second-order valence-corrected chi connectivity index (χ2v) is 8.12. The number of nitrogens with zero attached hydrogens (tertiary/aromatic N) is 3. The van der Waals surface area contributed by atoms with Crippen LogP contribution < -0.4 is 0 Å². The van der Waals surface area contributed by atoms with E-state index in [1.165, 1.54) is 24.3 Å². The number of aryl methyl sites for hydroxylation is 1. The Morgan fingerprint density at radius 2 is 2.00 bits per heavy atom. The van der Waals surface area contributed by atoms with E-state index in [4.69, 9.17) is 0 Å². The first-order valence-electron chi connectivity index (χ1n) is 8.26. The lowest BCUT2D eigenvalue weighted by atomic mass is 10.0. The van der Waals surface area contributed by atoms with E-state index >= 15 is 0 Å². The average Bonchev–Trinajstić information content (AvgIpc) is 3.09. The van der Waals surface area contributed by atoms with E-state index in [-0.39, 0.29) is 17.6 Å². The van der Waals surface area contributed by atoms with E-state index in [1.54, 1.807) is 10.5 Å². The van der Waals surface area contributed by atoms with Gasteiger partial charge in [0.05, 0.1) is 5.75 Å². The van der Waals surface area contributed by atoms with Crippen molar-refractivity contribution in [2.45, 2.75) is 44.0 Å². The smallest absolute Gasteiger partial charge is 0.218 e. The predicted molar refractivity (Wildman–Crippen MR) is 90.2 cm³/mol. The Morgan fingerprint density at radius 1 is 1.21 bits per heavy atom. The van der Waals surface area contributed by atoms with Gasteiger partial charge in [0.25, 0.3) is 0 Å². The van der Waals surface area contributed by atoms with Crippen LogP contribution in [0.1, 0.15) is 31.2 Å². The second-order valence-electron chi connectivity index (χ2n) is 6.20. The summed E-state index contributed by atoms with van der Waals surface area (Å²) in [7, 11) is -3.41. The standard InChI is InChI=1S/C17H22FN3O2S/c18-16-7-5-15(6-8-16)14-24(22,23)21-12-2-1-4-17(21)9-13-20-11-3-10-19-20/h3,5-8,10-11,17H,1-2,4,9,12-14H2. The van der Waals surface area contributed by atoms with Gasteiger partial charge in [-0.05, 0) is 43.0 Å². The molecule has 0 bridgehead atoms. The van der Waals surface area contributed by atoms with E-state index in [0.717, 1.165) is 25.7 Å². The monoisotopic (exact) mass is 351 g/mol. The zero-order chi connectivity index (χ0) is 17.0. The Hall–Kier alpha value is -1.73. The zero-order valence-corrected chi connectivity index (χ0v) is 14.3. The van der Waals surface area contributed by atoms with Crippen molar-refractivity contribution in [2.75, 3.05) is 6.54 Å². The summed E-state index contributed by atoms with van der Waals surface area (Å²) in [6.07, 6.45) is 7.19. The molecule has 0 saturated carbocycles. The first-order chi connectivity index (χ1) is 11.5. The van der Waals surface area contributed by atoms with Gasteiger partial charge in [0, 0.05) is 31.5 Å². The van der Waals surface area contributed by atoms with Gasteiger partial charge in [0.1, 0.15) is 5.82 Å². The molecule has 0 spiro atoms. The van der Waals surface area contributed by atoms with Crippen LogP contribution in [0.4, 0.5) is 4.39 Å². The van der Waals surface area contributed by atoms with Crippen molar-refractivity contribution in [1.82, 2.24) is 14.1 Å². The van der Waals surface area contributed by atoms with Crippen LogP contribution in [0.15, 0.2) is 42.7 Å². The summed E-state index contributed by atoms with van der Waals surface area (Å²) < 4.78 is 42.1. The van der Waals surface area contributed by atoms with Crippen LogP contribution in [0.5, 0.6) is 0 Å². The summed E-state index contributed by atoms with van der Waals surface area (Å²) in [5.41, 5.74) is 0.618. The summed E-state index contributed by atoms with van der Waals surface area (Å²) in [6, 6.07) is 7.55. The molecular formula is C17H22FN3O2S. The van der Waals surface area contributed by atoms with Crippen LogP contribution in [0.25, 0.3) is 0 Å². The number of rotatable bonds is 6. The molecule has 130 valence electrons. The van der Waals surface area contributed by atoms with E-state index in [0.29, 0.717) is 18.7 Å². The molecular weight excluding hydrogens is 329 g/mol. The van der Waals surface area contributed by atoms with Crippen molar-refractivity contribution in [3.05, 3.63) is 54.1 Å². The van der Waals surface area contributed by atoms with E-state index in [1.807, 2.05) is 16.9 Å². The average molecular weight is 351 g/mol. The number of hydrogen-bond donors (Lipinski definition) is 0. The maximum absolute atomic E-state index is 13.0. The molecule has 1 unspecified atom stereocenters. The molecule has 0 aliphatic carbocycles. The molecule has 2 heterocycles. The number of sulfonamides is 1. The molecule has 1 aromatic heterocycles. The van der Waals surface area contributed by atoms with E-state index in [9.17, 15) is 12.8 Å². The largest absolute Gasteiger partial charge is 0.273 e. The normalized spacial score (nSPS) is 19.5. The number of hydrogen-bond acceptors (Lipinski definition) is 3. The molecule has 3 rings (SSSR count). The fraction of sp³-hybridized carbons (Fsp3) is 0.471. The topological polar surface area (TPSA) is 55.2 Å². The van der Waals surface area contributed by atoms with Gasteiger partial charge < -0.3 is 0 Å². The van der Waals surface area contributed by atoms with E-state index in [2.05, 4.69) is 5.10 Å².